The van der Waals surface area contributed by atoms with Crippen LogP contribution < -0.4 is 0 Å². The van der Waals surface area contributed by atoms with Crippen molar-refractivity contribution in [1.29, 1.82) is 0 Å². The first-order chi connectivity index (χ1) is 2.94. The van der Waals surface area contributed by atoms with Gasteiger partial charge in [0.2, 0.25) is 0 Å². The topological polar surface area (TPSA) is 0 Å². The van der Waals surface area contributed by atoms with Gasteiger partial charge in [0.15, 0.2) is 0 Å². The van der Waals surface area contributed by atoms with Gasteiger partial charge in [-0.1, -0.05) is 20.8 Å². The molecule has 0 amide bonds. The lowest BCUT2D eigenvalue weighted by Crippen LogP contribution is -2.13. The molecule has 0 aliphatic carbocycles. The van der Waals surface area contributed by atoms with Crippen LogP contribution in [-0.4, -0.2) is 4.75 Å². The summed E-state index contributed by atoms with van der Waals surface area (Å²) in [5, 5.41) is 0. The van der Waals surface area contributed by atoms with Gasteiger partial charge in [-0.25, -0.2) is 0 Å². The molecule has 0 bridgehead atoms. The normalized spacial score (nSPS) is 12.6. The quantitative estimate of drug-likeness (QED) is 0.482. The van der Waals surface area contributed by atoms with Crippen molar-refractivity contribution in [2.75, 3.05) is 0 Å². The van der Waals surface area contributed by atoms with E-state index in [1.165, 1.54) is 0 Å². The molecule has 0 fully saturated rings. The largest absolute Gasteiger partial charge is 0.342 e. The van der Waals surface area contributed by atoms with Crippen molar-refractivity contribution in [1.82, 2.24) is 0 Å². The van der Waals surface area contributed by atoms with Gasteiger partial charge in [-0.15, -0.1) is 4.75 Å². The highest BCUT2D eigenvalue weighted by Gasteiger charge is 1.94. The van der Waals surface area contributed by atoms with Gasteiger partial charge in [0, 0.05) is 0 Å². The Bertz CT molecular complexity index is 107. The zero-order valence-corrected chi connectivity index (χ0v) is 7.17. The fraction of sp³-hybridized carbons (Fsp3) is 1.00. The summed E-state index contributed by atoms with van der Waals surface area (Å²) in [5.41, 5.74) is 0. The van der Waals surface area contributed by atoms with Gasteiger partial charge >= 0.3 is 0 Å². The van der Waals surface area contributed by atoms with Crippen LogP contribution in [0.15, 0.2) is 0 Å². The van der Waals surface area contributed by atoms with E-state index >= 15 is 0 Å². The summed E-state index contributed by atoms with van der Waals surface area (Å²) in [6.07, 6.45) is 0. The molecule has 0 rings (SSSR count). The van der Waals surface area contributed by atoms with Crippen LogP contribution in [0.5, 0.6) is 0 Å². The Hall–Kier alpha value is 0.790. The maximum absolute atomic E-state index is 4.86. The van der Waals surface area contributed by atoms with Gasteiger partial charge in [-0.2, -0.15) is 0 Å². The summed E-state index contributed by atoms with van der Waals surface area (Å²) in [4.78, 5) is 0. The third-order valence-electron chi connectivity index (χ3n) is 0.500. The molecule has 0 atom stereocenters. The molecule has 0 aliphatic heterocycles. The number of rotatable bonds is 0. The fourth-order valence-electron chi connectivity index (χ4n) is 0. The Morgan fingerprint density at radius 1 is 1.14 bits per heavy atom. The monoisotopic (exact) mass is 153 g/mol. The second-order valence-corrected chi connectivity index (χ2v) is 6.67. The van der Waals surface area contributed by atoms with E-state index in [9.17, 15) is 0 Å². The molecule has 0 heterocycles. The molecule has 0 N–H and O–H groups in total. The molecule has 3 heteroatoms. The standard InChI is InChI=1S/C4H9S3/c1-4(2,3)7(5)6/h1-3H3/q-1. The molecular weight excluding hydrogens is 144 g/mol. The number of hydrogen-bond donors (Lipinski definition) is 0. The first-order valence-electron chi connectivity index (χ1n) is 2.04. The second kappa shape index (κ2) is 2.37. The Labute approximate surface area is 56.1 Å². The van der Waals surface area contributed by atoms with E-state index in [1.54, 1.807) is 0 Å². The predicted octanol–water partition coefficient (Wildman–Crippen LogP) is 1.33. The van der Waals surface area contributed by atoms with Gasteiger partial charge < -0.3 is 8.01 Å². The van der Waals surface area contributed by atoms with Crippen molar-refractivity contribution in [2.24, 2.45) is 0 Å². The Morgan fingerprint density at radius 2 is 1.29 bits per heavy atom. The van der Waals surface area contributed by atoms with Gasteiger partial charge in [-0.3, -0.25) is 22.4 Å². The van der Waals surface area contributed by atoms with Gasteiger partial charge in [-0.05, 0) is 0 Å². The minimum Gasteiger partial charge on any atom is -0.342 e. The van der Waals surface area contributed by atoms with Crippen LogP contribution in [0.25, 0.3) is 0 Å². The van der Waals surface area contributed by atoms with Crippen LogP contribution >= 0.6 is 0 Å². The lowest BCUT2D eigenvalue weighted by molar-refractivity contribution is 0.808. The van der Waals surface area contributed by atoms with E-state index in [1.807, 2.05) is 0 Å². The van der Waals surface area contributed by atoms with E-state index in [2.05, 4.69) is 20.8 Å². The average Bonchev–Trinajstić information content (AvgIpc) is 1.31. The molecule has 0 nitrogen and oxygen atoms in total. The molecule has 44 valence electrons. The molecule has 0 saturated carbocycles. The highest BCUT2D eigenvalue weighted by atomic mass is 33.1. The maximum Gasteiger partial charge on any atom is -0.0780 e. The summed E-state index contributed by atoms with van der Waals surface area (Å²) in [6, 6.07) is 0. The van der Waals surface area contributed by atoms with Crippen LogP contribution in [0.4, 0.5) is 0 Å². The van der Waals surface area contributed by atoms with E-state index in [0.717, 1.165) is 0 Å². The zero-order valence-electron chi connectivity index (χ0n) is 4.72. The minimum atomic E-state index is -0.266. The summed E-state index contributed by atoms with van der Waals surface area (Å²) >= 11 is 9.72. The predicted molar refractivity (Wildman–Crippen MR) is 41.8 cm³/mol. The zero-order chi connectivity index (χ0) is 6.08. The molecule has 0 spiro atoms. The minimum absolute atomic E-state index is 0.157. The SMILES string of the molecule is CC(C)(C)[S-](=S)=S. The van der Waals surface area contributed by atoms with Crippen LogP contribution in [0.2, 0.25) is 0 Å². The van der Waals surface area contributed by atoms with Crippen molar-refractivity contribution in [3.05, 3.63) is 0 Å². The lowest BCUT2D eigenvalue weighted by Gasteiger charge is -2.22. The summed E-state index contributed by atoms with van der Waals surface area (Å²) in [6.45, 7) is 6.20. The first-order valence-corrected chi connectivity index (χ1v) is 5.11. The van der Waals surface area contributed by atoms with Gasteiger partial charge in [0.25, 0.3) is 0 Å². The molecule has 0 aliphatic rings. The highest BCUT2D eigenvalue weighted by Crippen LogP contribution is 2.03. The smallest absolute Gasteiger partial charge is 0.0780 e. The second-order valence-electron chi connectivity index (χ2n) is 2.35. The molecular formula is C4H9S3-. The summed E-state index contributed by atoms with van der Waals surface area (Å²) in [5.74, 6) is 0. The lowest BCUT2D eigenvalue weighted by atomic mass is 10.3. The molecule has 0 saturated heterocycles. The average molecular weight is 153 g/mol. The van der Waals surface area contributed by atoms with Crippen molar-refractivity contribution in [2.45, 2.75) is 25.5 Å². The van der Waals surface area contributed by atoms with Crippen molar-refractivity contribution < 1.29 is 0 Å². The van der Waals surface area contributed by atoms with Crippen molar-refractivity contribution >= 4 is 30.4 Å². The third kappa shape index (κ3) is 3.38. The maximum atomic E-state index is 4.86. The van der Waals surface area contributed by atoms with E-state index in [0.29, 0.717) is 0 Å². The van der Waals surface area contributed by atoms with Crippen LogP contribution in [-0.2, 0) is 30.4 Å². The fourth-order valence-corrected chi connectivity index (χ4v) is 0. The van der Waals surface area contributed by atoms with Gasteiger partial charge in [0.1, 0.15) is 0 Å². The number of hydrogen-bond acceptors (Lipinski definition) is 3. The van der Waals surface area contributed by atoms with Crippen LogP contribution in [0, 0.1) is 0 Å². The van der Waals surface area contributed by atoms with Crippen LogP contribution in [0.1, 0.15) is 20.8 Å². The Balaban J connectivity index is 4.08. The molecule has 0 aromatic carbocycles. The molecule has 0 aromatic rings. The van der Waals surface area contributed by atoms with Crippen molar-refractivity contribution in [3.63, 3.8) is 0 Å². The van der Waals surface area contributed by atoms with E-state index < -0.39 is 0 Å². The molecule has 7 heavy (non-hydrogen) atoms. The third-order valence-corrected chi connectivity index (χ3v) is 4.50. The highest BCUT2D eigenvalue weighted by molar-refractivity contribution is 8.47. The Morgan fingerprint density at radius 3 is 1.29 bits per heavy atom. The van der Waals surface area contributed by atoms with E-state index in [-0.39, 0.29) is 12.8 Å². The van der Waals surface area contributed by atoms with Gasteiger partial charge in [0.05, 0.1) is 0 Å². The van der Waals surface area contributed by atoms with Crippen molar-refractivity contribution in [3.8, 4) is 0 Å². The van der Waals surface area contributed by atoms with Crippen LogP contribution in [0.3, 0.4) is 0 Å². The molecule has 0 aromatic heterocycles. The molecule has 0 radical (unpaired) electrons. The van der Waals surface area contributed by atoms with E-state index in [4.69, 9.17) is 22.4 Å². The first kappa shape index (κ1) is 7.79. The summed E-state index contributed by atoms with van der Waals surface area (Å²) < 4.78 is 0.157. The molecule has 0 unspecified atom stereocenters. The summed E-state index contributed by atoms with van der Waals surface area (Å²) in [7, 11) is -0.266. The Kier molecular flexibility index (Phi) is 2.64.